The SMILES string of the molecule is Cn1ccc(Nc2nccc(-c3cc(C#N)c4c(c3)C(C)(CN3CCN(C5CC5)CC3)CN4)n2)n1. The van der Waals surface area contributed by atoms with Gasteiger partial charge in [0.05, 0.1) is 16.9 Å². The van der Waals surface area contributed by atoms with E-state index in [0.29, 0.717) is 17.3 Å². The zero-order valence-electron chi connectivity index (χ0n) is 20.3. The molecule has 35 heavy (non-hydrogen) atoms. The van der Waals surface area contributed by atoms with Crippen molar-refractivity contribution in [3.05, 3.63) is 47.8 Å². The topological polar surface area (TPSA) is 97.9 Å². The second-order valence-electron chi connectivity index (χ2n) is 10.3. The summed E-state index contributed by atoms with van der Waals surface area (Å²) in [6.45, 7) is 8.68. The molecule has 0 spiro atoms. The number of hydrogen-bond acceptors (Lipinski definition) is 8. The Morgan fingerprint density at radius 3 is 2.74 bits per heavy atom. The lowest BCUT2D eigenvalue weighted by Gasteiger charge is -2.39. The molecule has 2 aliphatic heterocycles. The molecule has 0 radical (unpaired) electrons. The van der Waals surface area contributed by atoms with E-state index >= 15 is 0 Å². The number of fused-ring (bicyclic) bond motifs is 1. The molecular formula is C26H31N9. The second-order valence-corrected chi connectivity index (χ2v) is 10.3. The molecule has 180 valence electrons. The first kappa shape index (κ1) is 22.0. The summed E-state index contributed by atoms with van der Waals surface area (Å²) < 4.78 is 1.73. The Hall–Kier alpha value is -3.48. The molecule has 1 aromatic carbocycles. The van der Waals surface area contributed by atoms with E-state index in [-0.39, 0.29) is 5.41 Å². The first-order valence-electron chi connectivity index (χ1n) is 12.4. The molecule has 1 saturated heterocycles. The Balaban J connectivity index is 1.26. The number of aromatic nitrogens is 4. The Morgan fingerprint density at radius 1 is 1.20 bits per heavy atom. The van der Waals surface area contributed by atoms with Gasteiger partial charge in [0.2, 0.25) is 5.95 Å². The van der Waals surface area contributed by atoms with Gasteiger partial charge in [-0.15, -0.1) is 0 Å². The number of nitrogens with one attached hydrogen (secondary N) is 2. The lowest BCUT2D eigenvalue weighted by atomic mass is 9.82. The highest BCUT2D eigenvalue weighted by atomic mass is 15.3. The molecule has 4 heterocycles. The zero-order valence-corrected chi connectivity index (χ0v) is 20.3. The largest absolute Gasteiger partial charge is 0.383 e. The van der Waals surface area contributed by atoms with E-state index in [1.165, 1.54) is 18.4 Å². The molecule has 1 saturated carbocycles. The fourth-order valence-electron chi connectivity index (χ4n) is 5.46. The van der Waals surface area contributed by atoms with Crippen molar-refractivity contribution in [1.29, 1.82) is 5.26 Å². The number of piperazine rings is 1. The number of nitrogens with zero attached hydrogens (tertiary/aromatic N) is 7. The summed E-state index contributed by atoms with van der Waals surface area (Å²) in [6, 6.07) is 11.2. The molecule has 3 aliphatic rings. The fraction of sp³-hybridized carbons (Fsp3) is 0.462. The van der Waals surface area contributed by atoms with Crippen LogP contribution in [0.15, 0.2) is 36.7 Å². The van der Waals surface area contributed by atoms with E-state index in [2.05, 4.69) is 49.6 Å². The van der Waals surface area contributed by atoms with Crippen LogP contribution in [0.25, 0.3) is 11.3 Å². The molecule has 0 amide bonds. The number of aryl methyl sites for hydroxylation is 1. The predicted octanol–water partition coefficient (Wildman–Crippen LogP) is 2.96. The minimum atomic E-state index is -0.0687. The zero-order chi connectivity index (χ0) is 24.0. The normalized spacial score (nSPS) is 22.4. The Labute approximate surface area is 205 Å². The van der Waals surface area contributed by atoms with Crippen LogP contribution in [0.1, 0.15) is 30.9 Å². The number of nitriles is 1. The highest BCUT2D eigenvalue weighted by molar-refractivity contribution is 5.76. The van der Waals surface area contributed by atoms with E-state index in [1.54, 1.807) is 10.9 Å². The summed E-state index contributed by atoms with van der Waals surface area (Å²) in [5.74, 6) is 1.17. The van der Waals surface area contributed by atoms with Crippen LogP contribution in [0.3, 0.4) is 0 Å². The van der Waals surface area contributed by atoms with Crippen molar-refractivity contribution in [2.45, 2.75) is 31.2 Å². The maximum atomic E-state index is 9.94. The van der Waals surface area contributed by atoms with E-state index in [1.807, 2.05) is 31.4 Å². The van der Waals surface area contributed by atoms with E-state index in [4.69, 9.17) is 4.98 Å². The third kappa shape index (κ3) is 4.35. The molecule has 1 atom stereocenters. The second kappa shape index (κ2) is 8.63. The molecule has 2 aromatic heterocycles. The van der Waals surface area contributed by atoms with Crippen LogP contribution in [0.5, 0.6) is 0 Å². The summed E-state index contributed by atoms with van der Waals surface area (Å²) in [6.07, 6.45) is 6.35. The van der Waals surface area contributed by atoms with Crippen LogP contribution >= 0.6 is 0 Å². The lowest BCUT2D eigenvalue weighted by molar-refractivity contribution is 0.110. The number of hydrogen-bond donors (Lipinski definition) is 2. The van der Waals surface area contributed by atoms with Gasteiger partial charge in [-0.05, 0) is 36.6 Å². The summed E-state index contributed by atoms with van der Waals surface area (Å²) >= 11 is 0. The Bertz CT molecular complexity index is 1280. The molecule has 9 heteroatoms. The summed E-state index contributed by atoms with van der Waals surface area (Å²) in [5.41, 5.74) is 4.48. The van der Waals surface area contributed by atoms with Crippen LogP contribution in [0.2, 0.25) is 0 Å². The average Bonchev–Trinajstić information content (AvgIpc) is 3.56. The molecule has 9 nitrogen and oxygen atoms in total. The van der Waals surface area contributed by atoms with Crippen molar-refractivity contribution in [3.8, 4) is 17.3 Å². The van der Waals surface area contributed by atoms with E-state index in [0.717, 1.165) is 62.3 Å². The van der Waals surface area contributed by atoms with Crippen molar-refractivity contribution in [3.63, 3.8) is 0 Å². The Kier molecular flexibility index (Phi) is 5.43. The van der Waals surface area contributed by atoms with Crippen LogP contribution in [-0.2, 0) is 12.5 Å². The first-order valence-corrected chi connectivity index (χ1v) is 12.4. The summed E-state index contributed by atoms with van der Waals surface area (Å²) in [7, 11) is 1.87. The minimum absolute atomic E-state index is 0.0687. The predicted molar refractivity (Wildman–Crippen MR) is 136 cm³/mol. The van der Waals surface area contributed by atoms with Crippen LogP contribution in [0.4, 0.5) is 17.5 Å². The fourth-order valence-corrected chi connectivity index (χ4v) is 5.46. The van der Waals surface area contributed by atoms with Crippen molar-refractivity contribution in [2.75, 3.05) is 49.9 Å². The standard InChI is InChI=1S/C26H31N9/c1-26(17-34-9-11-35(12-10-34)20-3-4-20)16-29-24-19(15-27)13-18(14-21(24)26)22-5-7-28-25(30-22)31-23-6-8-33(2)32-23/h5-8,13-14,20,29H,3-4,9-12,16-17H2,1-2H3,(H,28,30,31,32). The summed E-state index contributed by atoms with van der Waals surface area (Å²) in [5, 5.41) is 21.0. The van der Waals surface area contributed by atoms with Gasteiger partial charge in [-0.25, -0.2) is 9.97 Å². The molecule has 0 bridgehead atoms. The van der Waals surface area contributed by atoms with E-state index < -0.39 is 0 Å². The maximum Gasteiger partial charge on any atom is 0.228 e. The van der Waals surface area contributed by atoms with Gasteiger partial charge in [0.1, 0.15) is 6.07 Å². The van der Waals surface area contributed by atoms with Crippen molar-refractivity contribution in [2.24, 2.45) is 7.05 Å². The van der Waals surface area contributed by atoms with Crippen molar-refractivity contribution >= 4 is 17.5 Å². The maximum absolute atomic E-state index is 9.94. The monoisotopic (exact) mass is 469 g/mol. The summed E-state index contributed by atoms with van der Waals surface area (Å²) in [4.78, 5) is 14.3. The Morgan fingerprint density at radius 2 is 2.03 bits per heavy atom. The number of anilines is 3. The smallest absolute Gasteiger partial charge is 0.228 e. The van der Waals surface area contributed by atoms with Gasteiger partial charge in [0.15, 0.2) is 5.82 Å². The van der Waals surface area contributed by atoms with Crippen molar-refractivity contribution in [1.82, 2.24) is 29.5 Å². The molecule has 1 unspecified atom stereocenters. The molecule has 2 N–H and O–H groups in total. The highest BCUT2D eigenvalue weighted by Gasteiger charge is 2.39. The molecule has 6 rings (SSSR count). The third-order valence-corrected chi connectivity index (χ3v) is 7.51. The van der Waals surface area contributed by atoms with Crippen LogP contribution in [0, 0.1) is 11.3 Å². The van der Waals surface area contributed by atoms with Gasteiger partial charge in [-0.3, -0.25) is 14.5 Å². The highest BCUT2D eigenvalue weighted by Crippen LogP contribution is 2.42. The lowest BCUT2D eigenvalue weighted by Crippen LogP contribution is -2.51. The molecule has 3 aromatic rings. The molecule has 1 aliphatic carbocycles. The third-order valence-electron chi connectivity index (χ3n) is 7.51. The van der Waals surface area contributed by atoms with Gasteiger partial charge in [-0.2, -0.15) is 10.4 Å². The average molecular weight is 470 g/mol. The number of rotatable bonds is 6. The van der Waals surface area contributed by atoms with Gasteiger partial charge < -0.3 is 10.6 Å². The molecule has 2 fully saturated rings. The van der Waals surface area contributed by atoms with Crippen LogP contribution < -0.4 is 10.6 Å². The number of benzene rings is 1. The van der Waals surface area contributed by atoms with E-state index in [9.17, 15) is 5.26 Å². The van der Waals surface area contributed by atoms with Crippen molar-refractivity contribution < 1.29 is 0 Å². The van der Waals surface area contributed by atoms with Crippen LogP contribution in [-0.4, -0.2) is 74.9 Å². The minimum Gasteiger partial charge on any atom is -0.383 e. The molecular weight excluding hydrogens is 438 g/mol. The van der Waals surface area contributed by atoms with Gasteiger partial charge in [0.25, 0.3) is 0 Å². The first-order chi connectivity index (χ1) is 17.0. The van der Waals surface area contributed by atoms with Gasteiger partial charge >= 0.3 is 0 Å². The quantitative estimate of drug-likeness (QED) is 0.569. The van der Waals surface area contributed by atoms with Gasteiger partial charge in [0, 0.05) is 81.8 Å². The van der Waals surface area contributed by atoms with Gasteiger partial charge in [-0.1, -0.05) is 6.92 Å².